The summed E-state index contributed by atoms with van der Waals surface area (Å²) in [4.78, 5) is 26.3. The van der Waals surface area contributed by atoms with Gasteiger partial charge < -0.3 is 10.2 Å². The van der Waals surface area contributed by atoms with Crippen LogP contribution in [0.2, 0.25) is 0 Å². The number of halogens is 2. The van der Waals surface area contributed by atoms with Crippen molar-refractivity contribution in [1.29, 1.82) is 0 Å². The molecular weight excluding hydrogens is 302 g/mol. The van der Waals surface area contributed by atoms with Crippen LogP contribution in [-0.2, 0) is 9.59 Å². The topological polar surface area (TPSA) is 49.4 Å². The van der Waals surface area contributed by atoms with Gasteiger partial charge in [-0.25, -0.2) is 8.78 Å². The second kappa shape index (κ2) is 6.64. The molecule has 2 rings (SSSR count). The number of hydrogen-bond acceptors (Lipinski definition) is 2. The Balaban J connectivity index is 2.03. The Hall–Kier alpha value is -1.98. The minimum Gasteiger partial charge on any atom is -0.341 e. The molecule has 0 spiro atoms. The molecule has 0 bridgehead atoms. The molecule has 0 radical (unpaired) electrons. The number of benzene rings is 1. The van der Waals surface area contributed by atoms with Gasteiger partial charge in [0, 0.05) is 30.3 Å². The highest BCUT2D eigenvalue weighted by atomic mass is 19.1. The SMILES string of the molecule is CC(C)(C)C(=O)N1CCC[C@@H](C(=O)Nc2cc(F)cc(F)c2)C1. The van der Waals surface area contributed by atoms with Gasteiger partial charge in [-0.05, 0) is 25.0 Å². The first-order chi connectivity index (χ1) is 10.7. The second-order valence-corrected chi connectivity index (χ2v) is 6.99. The average Bonchev–Trinajstić information content (AvgIpc) is 2.44. The lowest BCUT2D eigenvalue weighted by molar-refractivity contribution is -0.142. The van der Waals surface area contributed by atoms with Crippen LogP contribution in [0.1, 0.15) is 33.6 Å². The van der Waals surface area contributed by atoms with Crippen LogP contribution in [0.25, 0.3) is 0 Å². The molecule has 1 aromatic rings. The number of amides is 2. The standard InChI is InChI=1S/C17H22F2N2O2/c1-17(2,3)16(23)21-6-4-5-11(10-21)15(22)20-14-8-12(18)7-13(19)9-14/h7-9,11H,4-6,10H2,1-3H3,(H,20,22)/t11-/m1/s1. The van der Waals surface area contributed by atoms with Gasteiger partial charge in [0.05, 0.1) is 5.92 Å². The van der Waals surface area contributed by atoms with E-state index in [1.54, 1.807) is 4.90 Å². The number of rotatable bonds is 2. The Morgan fingerprint density at radius 2 is 1.78 bits per heavy atom. The first-order valence-electron chi connectivity index (χ1n) is 7.73. The van der Waals surface area contributed by atoms with Gasteiger partial charge in [-0.3, -0.25) is 9.59 Å². The van der Waals surface area contributed by atoms with Gasteiger partial charge >= 0.3 is 0 Å². The lowest BCUT2D eigenvalue weighted by Crippen LogP contribution is -2.47. The van der Waals surface area contributed by atoms with Gasteiger partial charge in [0.25, 0.3) is 0 Å². The van der Waals surface area contributed by atoms with Crippen molar-refractivity contribution in [1.82, 2.24) is 4.90 Å². The second-order valence-electron chi connectivity index (χ2n) is 6.99. The first-order valence-corrected chi connectivity index (χ1v) is 7.73. The van der Waals surface area contributed by atoms with E-state index in [1.165, 1.54) is 0 Å². The van der Waals surface area contributed by atoms with Crippen LogP contribution in [-0.4, -0.2) is 29.8 Å². The molecule has 6 heteroatoms. The zero-order chi connectivity index (χ0) is 17.2. The predicted molar refractivity (Wildman–Crippen MR) is 83.7 cm³/mol. The lowest BCUT2D eigenvalue weighted by Gasteiger charge is -2.35. The van der Waals surface area contributed by atoms with Crippen LogP contribution in [0.5, 0.6) is 0 Å². The van der Waals surface area contributed by atoms with Crippen molar-refractivity contribution >= 4 is 17.5 Å². The molecule has 1 saturated heterocycles. The molecule has 1 aliphatic rings. The lowest BCUT2D eigenvalue weighted by atomic mass is 9.91. The van der Waals surface area contributed by atoms with Crippen LogP contribution in [0, 0.1) is 23.0 Å². The number of anilines is 1. The van der Waals surface area contributed by atoms with Crippen LogP contribution < -0.4 is 5.32 Å². The summed E-state index contributed by atoms with van der Waals surface area (Å²) in [7, 11) is 0. The number of nitrogens with one attached hydrogen (secondary N) is 1. The van der Waals surface area contributed by atoms with Gasteiger partial charge in [-0.15, -0.1) is 0 Å². The highest BCUT2D eigenvalue weighted by molar-refractivity contribution is 5.93. The molecule has 1 atom stereocenters. The molecule has 1 aromatic carbocycles. The van der Waals surface area contributed by atoms with Crippen molar-refractivity contribution in [3.8, 4) is 0 Å². The third-order valence-electron chi connectivity index (χ3n) is 3.85. The van der Waals surface area contributed by atoms with Crippen LogP contribution in [0.4, 0.5) is 14.5 Å². The maximum atomic E-state index is 13.2. The van der Waals surface area contributed by atoms with Gasteiger partial charge in [0.15, 0.2) is 0 Å². The number of nitrogens with zero attached hydrogens (tertiary/aromatic N) is 1. The summed E-state index contributed by atoms with van der Waals surface area (Å²) in [6, 6.07) is 2.89. The molecule has 0 aromatic heterocycles. The first kappa shape index (κ1) is 17.4. The highest BCUT2D eigenvalue weighted by Crippen LogP contribution is 2.24. The summed E-state index contributed by atoms with van der Waals surface area (Å²) in [6.45, 7) is 6.49. The maximum absolute atomic E-state index is 13.2. The average molecular weight is 324 g/mol. The number of piperidine rings is 1. The molecule has 1 N–H and O–H groups in total. The third kappa shape index (κ3) is 4.50. The van der Waals surface area contributed by atoms with E-state index in [2.05, 4.69) is 5.32 Å². The van der Waals surface area contributed by atoms with E-state index in [1.807, 2.05) is 20.8 Å². The van der Waals surface area contributed by atoms with Crippen LogP contribution in [0.15, 0.2) is 18.2 Å². The smallest absolute Gasteiger partial charge is 0.229 e. The summed E-state index contributed by atoms with van der Waals surface area (Å²) in [5.41, 5.74) is -0.406. The minimum absolute atomic E-state index is 0.00630. The maximum Gasteiger partial charge on any atom is 0.229 e. The van der Waals surface area contributed by atoms with Gasteiger partial charge in [-0.2, -0.15) is 0 Å². The van der Waals surface area contributed by atoms with E-state index in [0.29, 0.717) is 19.5 Å². The Bertz CT molecular complexity index is 591. The summed E-state index contributed by atoms with van der Waals surface area (Å²) < 4.78 is 26.4. The van der Waals surface area contributed by atoms with E-state index < -0.39 is 17.0 Å². The third-order valence-corrected chi connectivity index (χ3v) is 3.85. The molecule has 1 fully saturated rings. The molecule has 1 heterocycles. The number of carbonyl (C=O) groups excluding carboxylic acids is 2. The van der Waals surface area contributed by atoms with E-state index >= 15 is 0 Å². The fraction of sp³-hybridized carbons (Fsp3) is 0.529. The Kier molecular flexibility index (Phi) is 5.02. The number of likely N-dealkylation sites (tertiary alicyclic amines) is 1. The largest absolute Gasteiger partial charge is 0.341 e. The molecule has 0 aliphatic carbocycles. The minimum atomic E-state index is -0.742. The molecule has 4 nitrogen and oxygen atoms in total. The van der Waals surface area contributed by atoms with E-state index in [-0.39, 0.29) is 23.4 Å². The molecule has 0 unspecified atom stereocenters. The Labute approximate surface area is 134 Å². The molecular formula is C17H22F2N2O2. The van der Waals surface area contributed by atoms with Crippen LogP contribution >= 0.6 is 0 Å². The predicted octanol–water partition coefficient (Wildman–Crippen LogP) is 3.19. The van der Waals surface area contributed by atoms with Crippen LogP contribution in [0.3, 0.4) is 0 Å². The summed E-state index contributed by atoms with van der Waals surface area (Å²) in [5, 5.41) is 2.53. The normalized spacial score (nSPS) is 18.7. The zero-order valence-electron chi connectivity index (χ0n) is 13.7. The Morgan fingerprint density at radius 1 is 1.17 bits per heavy atom. The monoisotopic (exact) mass is 324 g/mol. The van der Waals surface area contributed by atoms with Crippen molar-refractivity contribution in [2.45, 2.75) is 33.6 Å². The number of hydrogen-bond donors (Lipinski definition) is 1. The fourth-order valence-corrected chi connectivity index (χ4v) is 2.72. The van der Waals surface area contributed by atoms with Crippen molar-refractivity contribution in [3.63, 3.8) is 0 Å². The zero-order valence-corrected chi connectivity index (χ0v) is 13.7. The van der Waals surface area contributed by atoms with Crippen molar-refractivity contribution in [3.05, 3.63) is 29.8 Å². The molecule has 126 valence electrons. The molecule has 1 aliphatic heterocycles. The highest BCUT2D eigenvalue weighted by Gasteiger charge is 2.33. The molecule has 2 amide bonds. The molecule has 23 heavy (non-hydrogen) atoms. The summed E-state index contributed by atoms with van der Waals surface area (Å²) in [5.74, 6) is -2.17. The van der Waals surface area contributed by atoms with Gasteiger partial charge in [0.1, 0.15) is 11.6 Å². The summed E-state index contributed by atoms with van der Waals surface area (Å²) in [6.07, 6.45) is 1.38. The van der Waals surface area contributed by atoms with Gasteiger partial charge in [-0.1, -0.05) is 20.8 Å². The summed E-state index contributed by atoms with van der Waals surface area (Å²) >= 11 is 0. The van der Waals surface area contributed by atoms with Crippen molar-refractivity contribution in [2.24, 2.45) is 11.3 Å². The van der Waals surface area contributed by atoms with E-state index in [9.17, 15) is 18.4 Å². The number of carbonyl (C=O) groups is 2. The Morgan fingerprint density at radius 3 is 2.35 bits per heavy atom. The molecule has 0 saturated carbocycles. The van der Waals surface area contributed by atoms with E-state index in [4.69, 9.17) is 0 Å². The van der Waals surface area contributed by atoms with Crippen molar-refractivity contribution in [2.75, 3.05) is 18.4 Å². The quantitative estimate of drug-likeness (QED) is 0.908. The van der Waals surface area contributed by atoms with Crippen molar-refractivity contribution < 1.29 is 18.4 Å². The van der Waals surface area contributed by atoms with Gasteiger partial charge in [0.2, 0.25) is 11.8 Å². The fourth-order valence-electron chi connectivity index (χ4n) is 2.72. The van der Waals surface area contributed by atoms with E-state index in [0.717, 1.165) is 24.6 Å².